The van der Waals surface area contributed by atoms with Gasteiger partial charge in [-0.1, -0.05) is 84.4 Å². The van der Waals surface area contributed by atoms with E-state index in [1.165, 1.54) is 16.7 Å². The highest BCUT2D eigenvalue weighted by Crippen LogP contribution is 2.24. The van der Waals surface area contributed by atoms with E-state index in [0.717, 1.165) is 42.3 Å². The van der Waals surface area contributed by atoms with Crippen molar-refractivity contribution in [1.82, 2.24) is 15.1 Å². The lowest BCUT2D eigenvalue weighted by atomic mass is 10.1. The molecule has 0 spiro atoms. The van der Waals surface area contributed by atoms with Crippen molar-refractivity contribution in [2.24, 2.45) is 0 Å². The number of benzene rings is 3. The first kappa shape index (κ1) is 19.4. The smallest absolute Gasteiger partial charge is 0.0695 e. The molecular formula is C25H24ClN3. The number of H-pyrrole nitrogens is 1. The summed E-state index contributed by atoms with van der Waals surface area (Å²) in [5.41, 5.74) is 6.02. The van der Waals surface area contributed by atoms with Crippen LogP contribution in [0.15, 0.2) is 91.1 Å². The van der Waals surface area contributed by atoms with Crippen molar-refractivity contribution in [3.05, 3.63) is 113 Å². The van der Waals surface area contributed by atoms with E-state index in [9.17, 15) is 0 Å². The Morgan fingerprint density at radius 2 is 1.41 bits per heavy atom. The van der Waals surface area contributed by atoms with Crippen molar-refractivity contribution in [3.63, 3.8) is 0 Å². The first-order valence-corrected chi connectivity index (χ1v) is 10.2. The molecule has 146 valence electrons. The largest absolute Gasteiger partial charge is 0.294 e. The van der Waals surface area contributed by atoms with Crippen molar-refractivity contribution in [2.75, 3.05) is 6.54 Å². The summed E-state index contributed by atoms with van der Waals surface area (Å²) in [6, 6.07) is 29.2. The third kappa shape index (κ3) is 5.35. The van der Waals surface area contributed by atoms with Gasteiger partial charge in [-0.05, 0) is 35.2 Å². The van der Waals surface area contributed by atoms with Gasteiger partial charge >= 0.3 is 0 Å². The summed E-state index contributed by atoms with van der Waals surface area (Å²) >= 11 is 6.05. The first-order valence-electron chi connectivity index (χ1n) is 9.86. The summed E-state index contributed by atoms with van der Waals surface area (Å²) in [6.45, 7) is 2.71. The van der Waals surface area contributed by atoms with Gasteiger partial charge in [0, 0.05) is 30.2 Å². The highest BCUT2D eigenvalue weighted by atomic mass is 35.5. The fraction of sp³-hybridized carbons (Fsp3) is 0.160. The summed E-state index contributed by atoms with van der Waals surface area (Å²) < 4.78 is 0. The monoisotopic (exact) mass is 401 g/mol. The Balaban J connectivity index is 1.53. The second kappa shape index (κ2) is 9.55. The predicted octanol–water partition coefficient (Wildman–Crippen LogP) is 5.98. The molecule has 0 fully saturated rings. The summed E-state index contributed by atoms with van der Waals surface area (Å²) in [7, 11) is 0. The van der Waals surface area contributed by atoms with E-state index >= 15 is 0 Å². The lowest BCUT2D eigenvalue weighted by Crippen LogP contribution is -2.25. The maximum atomic E-state index is 6.05. The van der Waals surface area contributed by atoms with Crippen LogP contribution in [0.4, 0.5) is 0 Å². The van der Waals surface area contributed by atoms with E-state index < -0.39 is 0 Å². The number of nitrogens with zero attached hydrogens (tertiary/aromatic N) is 2. The standard InChI is InChI=1S/C25H24ClN3/c26-24-13-11-22(12-14-24)25-23(17-27-28-25)19-29(18-21-9-5-2-6-10-21)16-15-20-7-3-1-4-8-20/h1-14,17H,15-16,18-19H2,(H,27,28). The van der Waals surface area contributed by atoms with Gasteiger partial charge in [-0.15, -0.1) is 0 Å². The molecule has 0 aliphatic rings. The third-order valence-corrected chi connectivity index (χ3v) is 5.31. The zero-order valence-electron chi connectivity index (χ0n) is 16.3. The minimum atomic E-state index is 0.739. The number of hydrogen-bond donors (Lipinski definition) is 1. The summed E-state index contributed by atoms with van der Waals surface area (Å²) in [5, 5.41) is 8.22. The van der Waals surface area contributed by atoms with Crippen molar-refractivity contribution in [2.45, 2.75) is 19.5 Å². The Morgan fingerprint density at radius 3 is 2.10 bits per heavy atom. The number of aromatic nitrogens is 2. The van der Waals surface area contributed by atoms with Gasteiger partial charge in [-0.25, -0.2) is 0 Å². The van der Waals surface area contributed by atoms with E-state index in [1.807, 2.05) is 30.5 Å². The van der Waals surface area contributed by atoms with Gasteiger partial charge in [0.15, 0.2) is 0 Å². The molecule has 0 aliphatic carbocycles. The molecule has 4 rings (SSSR count). The Morgan fingerprint density at radius 1 is 0.759 bits per heavy atom. The second-order valence-corrected chi connectivity index (χ2v) is 7.65. The molecule has 3 nitrogen and oxygen atoms in total. The number of aromatic amines is 1. The van der Waals surface area contributed by atoms with Crippen molar-refractivity contribution >= 4 is 11.6 Å². The minimum Gasteiger partial charge on any atom is -0.294 e. The van der Waals surface area contributed by atoms with Crippen LogP contribution < -0.4 is 0 Å². The van der Waals surface area contributed by atoms with Gasteiger partial charge < -0.3 is 0 Å². The molecule has 0 bridgehead atoms. The van der Waals surface area contributed by atoms with E-state index in [2.05, 4.69) is 75.8 Å². The van der Waals surface area contributed by atoms with Crippen LogP contribution in [0.2, 0.25) is 5.02 Å². The van der Waals surface area contributed by atoms with Crippen molar-refractivity contribution in [3.8, 4) is 11.3 Å². The fourth-order valence-corrected chi connectivity index (χ4v) is 3.65. The molecule has 0 atom stereocenters. The molecule has 1 heterocycles. The third-order valence-electron chi connectivity index (χ3n) is 5.05. The molecular weight excluding hydrogens is 378 g/mol. The summed E-state index contributed by atoms with van der Waals surface area (Å²) in [6.07, 6.45) is 2.95. The highest BCUT2D eigenvalue weighted by Gasteiger charge is 2.13. The molecule has 4 heteroatoms. The Kier molecular flexibility index (Phi) is 6.40. The molecule has 0 amide bonds. The topological polar surface area (TPSA) is 31.9 Å². The molecule has 0 unspecified atom stereocenters. The zero-order chi connectivity index (χ0) is 19.9. The van der Waals surface area contributed by atoms with Crippen LogP contribution in [-0.4, -0.2) is 21.6 Å². The fourth-order valence-electron chi connectivity index (χ4n) is 3.53. The normalized spacial score (nSPS) is 11.1. The minimum absolute atomic E-state index is 0.739. The molecule has 0 saturated heterocycles. The molecule has 3 aromatic carbocycles. The van der Waals surface area contributed by atoms with Gasteiger partial charge in [-0.2, -0.15) is 5.10 Å². The SMILES string of the molecule is Clc1ccc(-c2[nH]ncc2CN(CCc2ccccc2)Cc2ccccc2)cc1. The van der Waals surface area contributed by atoms with Gasteiger partial charge in [0.1, 0.15) is 0 Å². The maximum Gasteiger partial charge on any atom is 0.0695 e. The summed E-state index contributed by atoms with van der Waals surface area (Å²) in [4.78, 5) is 2.48. The van der Waals surface area contributed by atoms with Crippen LogP contribution in [0.1, 0.15) is 16.7 Å². The van der Waals surface area contributed by atoms with Gasteiger partial charge in [0.2, 0.25) is 0 Å². The molecule has 29 heavy (non-hydrogen) atoms. The molecule has 0 aliphatic heterocycles. The van der Waals surface area contributed by atoms with Crippen LogP contribution in [0.3, 0.4) is 0 Å². The van der Waals surface area contributed by atoms with Crippen LogP contribution >= 0.6 is 11.6 Å². The quantitative estimate of drug-likeness (QED) is 0.394. The van der Waals surface area contributed by atoms with Gasteiger partial charge in [-0.3, -0.25) is 10.00 Å². The molecule has 0 saturated carbocycles. The van der Waals surface area contributed by atoms with E-state index in [1.54, 1.807) is 0 Å². The predicted molar refractivity (Wildman–Crippen MR) is 120 cm³/mol. The zero-order valence-corrected chi connectivity index (χ0v) is 17.0. The summed E-state index contributed by atoms with van der Waals surface area (Å²) in [5.74, 6) is 0. The lowest BCUT2D eigenvalue weighted by Gasteiger charge is -2.23. The maximum absolute atomic E-state index is 6.05. The average Bonchev–Trinajstić information content (AvgIpc) is 3.22. The van der Waals surface area contributed by atoms with E-state index in [-0.39, 0.29) is 0 Å². The molecule has 0 radical (unpaired) electrons. The molecule has 1 aromatic heterocycles. The van der Waals surface area contributed by atoms with E-state index in [4.69, 9.17) is 11.6 Å². The van der Waals surface area contributed by atoms with Crippen molar-refractivity contribution < 1.29 is 0 Å². The Hall–Kier alpha value is -2.88. The number of halogens is 1. The second-order valence-electron chi connectivity index (χ2n) is 7.21. The Labute approximate surface area is 177 Å². The number of rotatable bonds is 8. The average molecular weight is 402 g/mol. The molecule has 1 N–H and O–H groups in total. The first-order chi connectivity index (χ1) is 14.3. The van der Waals surface area contributed by atoms with E-state index in [0.29, 0.717) is 0 Å². The van der Waals surface area contributed by atoms with Gasteiger partial charge in [0.25, 0.3) is 0 Å². The highest BCUT2D eigenvalue weighted by molar-refractivity contribution is 6.30. The lowest BCUT2D eigenvalue weighted by molar-refractivity contribution is 0.260. The number of hydrogen-bond acceptors (Lipinski definition) is 2. The van der Waals surface area contributed by atoms with Crippen LogP contribution in [0, 0.1) is 0 Å². The number of nitrogens with one attached hydrogen (secondary N) is 1. The van der Waals surface area contributed by atoms with Gasteiger partial charge in [0.05, 0.1) is 11.9 Å². The molecule has 4 aromatic rings. The van der Waals surface area contributed by atoms with Crippen LogP contribution in [-0.2, 0) is 19.5 Å². The van der Waals surface area contributed by atoms with Crippen molar-refractivity contribution in [1.29, 1.82) is 0 Å². The van der Waals surface area contributed by atoms with Crippen LogP contribution in [0.25, 0.3) is 11.3 Å². The van der Waals surface area contributed by atoms with Crippen LogP contribution in [0.5, 0.6) is 0 Å². The Bertz CT molecular complexity index is 1010.